The highest BCUT2D eigenvalue weighted by Gasteiger charge is 2.25. The highest BCUT2D eigenvalue weighted by atomic mass is 16.5. The van der Waals surface area contributed by atoms with Crippen molar-refractivity contribution in [3.8, 4) is 5.88 Å². The molecule has 2 fully saturated rings. The standard InChI is InChI=1S/C22H24N6O3/c1-26-20(29)7-6-19(25-26)22(30)28-10-8-27(9-11-28)16-4-5-18-17(12-16)21(24-14-23-18)31-13-15-2-3-15/h4-7,12,14-15H,2-3,8-11,13H2,1H3. The van der Waals surface area contributed by atoms with Crippen LogP contribution in [0.15, 0.2) is 41.5 Å². The topological polar surface area (TPSA) is 93.5 Å². The van der Waals surface area contributed by atoms with Crippen LogP contribution in [-0.4, -0.2) is 63.3 Å². The highest BCUT2D eigenvalue weighted by molar-refractivity contribution is 5.92. The van der Waals surface area contributed by atoms with Gasteiger partial charge >= 0.3 is 0 Å². The lowest BCUT2D eigenvalue weighted by molar-refractivity contribution is 0.0738. The summed E-state index contributed by atoms with van der Waals surface area (Å²) in [5.41, 5.74) is 1.98. The molecule has 1 saturated carbocycles. The van der Waals surface area contributed by atoms with Crippen molar-refractivity contribution in [1.82, 2.24) is 24.6 Å². The summed E-state index contributed by atoms with van der Waals surface area (Å²) in [6.07, 6.45) is 4.00. The largest absolute Gasteiger partial charge is 0.477 e. The number of rotatable bonds is 5. The molecule has 31 heavy (non-hydrogen) atoms. The van der Waals surface area contributed by atoms with Gasteiger partial charge in [0.2, 0.25) is 5.88 Å². The van der Waals surface area contributed by atoms with Crippen LogP contribution in [0.4, 0.5) is 5.69 Å². The van der Waals surface area contributed by atoms with Crippen molar-refractivity contribution in [3.63, 3.8) is 0 Å². The lowest BCUT2D eigenvalue weighted by Crippen LogP contribution is -2.49. The van der Waals surface area contributed by atoms with E-state index in [-0.39, 0.29) is 17.2 Å². The minimum absolute atomic E-state index is 0.155. The van der Waals surface area contributed by atoms with Gasteiger partial charge in [0.25, 0.3) is 11.5 Å². The summed E-state index contributed by atoms with van der Waals surface area (Å²) in [6, 6.07) is 8.97. The number of benzene rings is 1. The molecule has 9 heteroatoms. The molecule has 160 valence electrons. The molecule has 3 aromatic rings. The molecule has 0 radical (unpaired) electrons. The van der Waals surface area contributed by atoms with Crippen LogP contribution in [0.1, 0.15) is 23.3 Å². The van der Waals surface area contributed by atoms with E-state index in [0.717, 1.165) is 16.6 Å². The number of carbonyl (C=O) groups excluding carboxylic acids is 1. The molecule has 0 atom stereocenters. The number of hydrogen-bond acceptors (Lipinski definition) is 7. The second kappa shape index (κ2) is 7.98. The molecule has 5 rings (SSSR count). The first kappa shape index (κ1) is 19.5. The molecule has 0 unspecified atom stereocenters. The van der Waals surface area contributed by atoms with Gasteiger partial charge in [-0.2, -0.15) is 5.10 Å². The van der Waals surface area contributed by atoms with Crippen molar-refractivity contribution in [2.24, 2.45) is 13.0 Å². The van der Waals surface area contributed by atoms with Gasteiger partial charge in [0.05, 0.1) is 17.5 Å². The van der Waals surface area contributed by atoms with Crippen molar-refractivity contribution >= 4 is 22.5 Å². The van der Waals surface area contributed by atoms with Gasteiger partial charge in [-0.15, -0.1) is 0 Å². The molecule has 2 aliphatic rings. The van der Waals surface area contributed by atoms with E-state index in [9.17, 15) is 9.59 Å². The van der Waals surface area contributed by atoms with Gasteiger partial charge in [-0.25, -0.2) is 14.6 Å². The maximum Gasteiger partial charge on any atom is 0.274 e. The first-order chi connectivity index (χ1) is 15.1. The zero-order chi connectivity index (χ0) is 21.4. The third-order valence-corrected chi connectivity index (χ3v) is 5.85. The molecule has 2 aromatic heterocycles. The number of piperazine rings is 1. The fraction of sp³-hybridized carbons (Fsp3) is 0.409. The number of anilines is 1. The summed E-state index contributed by atoms with van der Waals surface area (Å²) in [5, 5.41) is 4.99. The zero-order valence-electron chi connectivity index (χ0n) is 17.4. The van der Waals surface area contributed by atoms with Crippen molar-refractivity contribution in [1.29, 1.82) is 0 Å². The Kier molecular flexibility index (Phi) is 5.01. The van der Waals surface area contributed by atoms with Crippen LogP contribution in [-0.2, 0) is 7.05 Å². The average molecular weight is 420 g/mol. The van der Waals surface area contributed by atoms with Crippen molar-refractivity contribution in [2.45, 2.75) is 12.8 Å². The van der Waals surface area contributed by atoms with Crippen LogP contribution in [0.5, 0.6) is 5.88 Å². The van der Waals surface area contributed by atoms with Crippen LogP contribution in [0.3, 0.4) is 0 Å². The van der Waals surface area contributed by atoms with Crippen LogP contribution < -0.4 is 15.2 Å². The number of nitrogens with zero attached hydrogens (tertiary/aromatic N) is 6. The van der Waals surface area contributed by atoms with Crippen LogP contribution >= 0.6 is 0 Å². The maximum absolute atomic E-state index is 12.8. The first-order valence-corrected chi connectivity index (χ1v) is 10.5. The molecule has 1 amide bonds. The van der Waals surface area contributed by atoms with Gasteiger partial charge < -0.3 is 14.5 Å². The molecule has 0 N–H and O–H groups in total. The van der Waals surface area contributed by atoms with E-state index in [1.165, 1.54) is 29.7 Å². The lowest BCUT2D eigenvalue weighted by atomic mass is 10.1. The SMILES string of the molecule is Cn1nc(C(=O)N2CCN(c3ccc4ncnc(OCC5CC5)c4c3)CC2)ccc1=O. The minimum Gasteiger partial charge on any atom is -0.477 e. The molecule has 1 saturated heterocycles. The number of fused-ring (bicyclic) bond motifs is 1. The third kappa shape index (κ3) is 4.08. The van der Waals surface area contributed by atoms with E-state index in [2.05, 4.69) is 26.0 Å². The molecule has 0 spiro atoms. The molecular formula is C22H24N6O3. The molecule has 1 aliphatic carbocycles. The Hall–Kier alpha value is -3.49. The van der Waals surface area contributed by atoms with Crippen LogP contribution in [0.25, 0.3) is 10.9 Å². The Morgan fingerprint density at radius 3 is 2.65 bits per heavy atom. The molecule has 0 bridgehead atoms. The summed E-state index contributed by atoms with van der Waals surface area (Å²) in [7, 11) is 1.54. The van der Waals surface area contributed by atoms with E-state index < -0.39 is 0 Å². The van der Waals surface area contributed by atoms with E-state index in [1.54, 1.807) is 18.3 Å². The summed E-state index contributed by atoms with van der Waals surface area (Å²) in [4.78, 5) is 37.0. The minimum atomic E-state index is -0.234. The Bertz CT molecular complexity index is 1180. The van der Waals surface area contributed by atoms with Gasteiger partial charge in [-0.05, 0) is 43.0 Å². The second-order valence-electron chi connectivity index (χ2n) is 8.09. The Balaban J connectivity index is 1.29. The zero-order valence-corrected chi connectivity index (χ0v) is 17.4. The number of aromatic nitrogens is 4. The van der Waals surface area contributed by atoms with E-state index >= 15 is 0 Å². The van der Waals surface area contributed by atoms with E-state index in [0.29, 0.717) is 44.6 Å². The second-order valence-corrected chi connectivity index (χ2v) is 8.09. The molecule has 9 nitrogen and oxygen atoms in total. The van der Waals surface area contributed by atoms with Crippen LogP contribution in [0.2, 0.25) is 0 Å². The van der Waals surface area contributed by atoms with Gasteiger partial charge in [0.15, 0.2) is 0 Å². The molecule has 1 aromatic carbocycles. The Morgan fingerprint density at radius 1 is 1.10 bits per heavy atom. The Morgan fingerprint density at radius 2 is 1.90 bits per heavy atom. The fourth-order valence-corrected chi connectivity index (χ4v) is 3.76. The molecule has 1 aliphatic heterocycles. The van der Waals surface area contributed by atoms with Gasteiger partial charge in [0.1, 0.15) is 12.0 Å². The average Bonchev–Trinajstić information content (AvgIpc) is 3.63. The normalized spacial score (nSPS) is 16.5. The summed E-state index contributed by atoms with van der Waals surface area (Å²) in [6.45, 7) is 3.27. The number of aryl methyl sites for hydroxylation is 1. The monoisotopic (exact) mass is 420 g/mol. The van der Waals surface area contributed by atoms with Crippen molar-refractivity contribution < 1.29 is 9.53 Å². The fourth-order valence-electron chi connectivity index (χ4n) is 3.76. The van der Waals surface area contributed by atoms with E-state index in [1.807, 2.05) is 12.1 Å². The number of amides is 1. The summed E-state index contributed by atoms with van der Waals surface area (Å²) < 4.78 is 7.13. The van der Waals surface area contributed by atoms with Gasteiger partial charge in [-0.3, -0.25) is 9.59 Å². The number of hydrogen-bond donors (Lipinski definition) is 0. The maximum atomic E-state index is 12.8. The Labute approximate surface area is 179 Å². The number of carbonyl (C=O) groups is 1. The smallest absolute Gasteiger partial charge is 0.274 e. The van der Waals surface area contributed by atoms with Crippen molar-refractivity contribution in [2.75, 3.05) is 37.7 Å². The predicted octanol–water partition coefficient (Wildman–Crippen LogP) is 1.47. The summed E-state index contributed by atoms with van der Waals surface area (Å²) >= 11 is 0. The first-order valence-electron chi connectivity index (χ1n) is 10.5. The summed E-state index contributed by atoms with van der Waals surface area (Å²) in [5.74, 6) is 1.13. The van der Waals surface area contributed by atoms with Gasteiger partial charge in [0, 0.05) is 45.0 Å². The molecule has 3 heterocycles. The molecular weight excluding hydrogens is 396 g/mol. The predicted molar refractivity (Wildman–Crippen MR) is 115 cm³/mol. The number of ether oxygens (including phenoxy) is 1. The van der Waals surface area contributed by atoms with Crippen LogP contribution in [0, 0.1) is 5.92 Å². The third-order valence-electron chi connectivity index (χ3n) is 5.85. The quantitative estimate of drug-likeness (QED) is 0.617. The lowest BCUT2D eigenvalue weighted by Gasteiger charge is -2.36. The van der Waals surface area contributed by atoms with Gasteiger partial charge in [-0.1, -0.05) is 0 Å². The highest BCUT2D eigenvalue weighted by Crippen LogP contribution is 2.32. The van der Waals surface area contributed by atoms with E-state index in [4.69, 9.17) is 4.74 Å². The van der Waals surface area contributed by atoms with Crippen molar-refractivity contribution in [3.05, 3.63) is 52.7 Å².